The molecule has 0 spiro atoms. The first-order valence-corrected chi connectivity index (χ1v) is 10.7. The Morgan fingerprint density at radius 3 is 2.76 bits per heavy atom. The minimum atomic E-state index is -0.698. The molecule has 33 heavy (non-hydrogen) atoms. The minimum absolute atomic E-state index is 0.0307. The fourth-order valence-corrected chi connectivity index (χ4v) is 4.40. The third kappa shape index (κ3) is 4.19. The summed E-state index contributed by atoms with van der Waals surface area (Å²) in [6, 6.07) is 12.7. The number of amides is 1. The second kappa shape index (κ2) is 8.82. The smallest absolute Gasteiger partial charge is 0.338 e. The van der Waals surface area contributed by atoms with E-state index in [1.165, 1.54) is 29.3 Å². The van der Waals surface area contributed by atoms with E-state index in [1.807, 2.05) is 24.3 Å². The van der Waals surface area contributed by atoms with Gasteiger partial charge >= 0.3 is 5.97 Å². The van der Waals surface area contributed by atoms with Crippen LogP contribution in [0, 0.1) is 5.92 Å². The van der Waals surface area contributed by atoms with E-state index in [4.69, 9.17) is 13.6 Å². The lowest BCUT2D eigenvalue weighted by Gasteiger charge is -2.27. The molecule has 2 atom stereocenters. The maximum Gasteiger partial charge on any atom is 0.338 e. The molecule has 3 heterocycles. The number of aromatic hydroxyl groups is 1. The molecule has 0 radical (unpaired) electrons. The number of benzene rings is 1. The zero-order valence-electron chi connectivity index (χ0n) is 17.7. The molecule has 1 aromatic carbocycles. The number of hydrogen-bond acceptors (Lipinski definition) is 7. The number of fused-ring (bicyclic) bond motifs is 1. The third-order valence-corrected chi connectivity index (χ3v) is 5.86. The van der Waals surface area contributed by atoms with Crippen LogP contribution in [0.3, 0.4) is 0 Å². The van der Waals surface area contributed by atoms with Crippen LogP contribution in [0.15, 0.2) is 80.6 Å². The largest absolute Gasteiger partial charge is 0.508 e. The molecule has 2 aromatic heterocycles. The first-order chi connectivity index (χ1) is 16.1. The normalized spacial score (nSPS) is 21.0. The highest BCUT2D eigenvalue weighted by atomic mass is 16.5. The summed E-state index contributed by atoms with van der Waals surface area (Å²) >= 11 is 0. The average molecular weight is 446 g/mol. The van der Waals surface area contributed by atoms with Crippen molar-refractivity contribution in [1.29, 1.82) is 0 Å². The average Bonchev–Trinajstić information content (AvgIpc) is 3.58. The van der Waals surface area contributed by atoms with E-state index in [1.54, 1.807) is 18.6 Å². The van der Waals surface area contributed by atoms with Crippen LogP contribution in [0.2, 0.25) is 0 Å². The van der Waals surface area contributed by atoms with Gasteiger partial charge < -0.3 is 18.7 Å². The Morgan fingerprint density at radius 1 is 1.15 bits per heavy atom. The molecule has 3 aromatic rings. The zero-order valence-corrected chi connectivity index (χ0v) is 17.7. The molecule has 168 valence electrons. The van der Waals surface area contributed by atoms with Gasteiger partial charge in [0.05, 0.1) is 23.8 Å². The lowest BCUT2D eigenvalue weighted by molar-refractivity contribution is -0.137. The molecule has 2 aliphatic rings. The fraction of sp³-hybridized carbons (Fsp3) is 0.240. The molecule has 1 amide bonds. The summed E-state index contributed by atoms with van der Waals surface area (Å²) < 4.78 is 16.3. The quantitative estimate of drug-likeness (QED) is 0.576. The van der Waals surface area contributed by atoms with E-state index in [-0.39, 0.29) is 17.2 Å². The zero-order chi connectivity index (χ0) is 22.8. The Morgan fingerprint density at radius 2 is 2.00 bits per heavy atom. The molecular formula is C25H22N2O6. The maximum atomic E-state index is 13.1. The first-order valence-electron chi connectivity index (χ1n) is 10.7. The van der Waals surface area contributed by atoms with Gasteiger partial charge in [-0.2, -0.15) is 5.10 Å². The van der Waals surface area contributed by atoms with Crippen LogP contribution in [0.1, 0.15) is 47.2 Å². The van der Waals surface area contributed by atoms with Crippen molar-refractivity contribution in [3.8, 4) is 5.75 Å². The van der Waals surface area contributed by atoms with Gasteiger partial charge in [-0.15, -0.1) is 0 Å². The lowest BCUT2D eigenvalue weighted by Crippen LogP contribution is -2.34. The number of nitrogens with zero attached hydrogens (tertiary/aromatic N) is 2. The van der Waals surface area contributed by atoms with E-state index in [2.05, 4.69) is 5.10 Å². The topological polar surface area (TPSA) is 105 Å². The van der Waals surface area contributed by atoms with Gasteiger partial charge in [-0.05, 0) is 73.4 Å². The van der Waals surface area contributed by atoms with Crippen LogP contribution in [-0.2, 0) is 9.53 Å². The predicted octanol–water partition coefficient (Wildman–Crippen LogP) is 4.56. The van der Waals surface area contributed by atoms with Gasteiger partial charge in [0.2, 0.25) is 0 Å². The summed E-state index contributed by atoms with van der Waals surface area (Å²) in [7, 11) is 0. The van der Waals surface area contributed by atoms with Crippen molar-refractivity contribution >= 4 is 23.7 Å². The van der Waals surface area contributed by atoms with Gasteiger partial charge in [-0.1, -0.05) is 6.07 Å². The van der Waals surface area contributed by atoms with Gasteiger partial charge in [0.15, 0.2) is 6.61 Å². The molecule has 5 rings (SSSR count). The second-order valence-corrected chi connectivity index (χ2v) is 7.99. The fourth-order valence-electron chi connectivity index (χ4n) is 4.40. The molecule has 1 fully saturated rings. The predicted molar refractivity (Wildman–Crippen MR) is 118 cm³/mol. The number of allylic oxidation sites excluding steroid dienone is 1. The number of hydrazone groups is 1. The second-order valence-electron chi connectivity index (χ2n) is 7.99. The van der Waals surface area contributed by atoms with Crippen molar-refractivity contribution in [2.45, 2.75) is 25.3 Å². The lowest BCUT2D eigenvalue weighted by atomic mass is 9.79. The molecule has 1 aliphatic heterocycles. The van der Waals surface area contributed by atoms with Crippen molar-refractivity contribution in [1.82, 2.24) is 5.01 Å². The summed E-state index contributed by atoms with van der Waals surface area (Å²) in [5.74, 6) is 0.121. The Balaban J connectivity index is 1.39. The summed E-state index contributed by atoms with van der Waals surface area (Å²) in [4.78, 5) is 25.5. The molecular weight excluding hydrogens is 424 g/mol. The number of carbonyl (C=O) groups is 2. The van der Waals surface area contributed by atoms with Crippen molar-refractivity contribution in [2.75, 3.05) is 6.61 Å². The number of phenols is 1. The van der Waals surface area contributed by atoms with E-state index in [0.717, 1.165) is 36.3 Å². The summed E-state index contributed by atoms with van der Waals surface area (Å²) in [5, 5.41) is 15.6. The summed E-state index contributed by atoms with van der Waals surface area (Å²) in [5.41, 5.74) is 2.01. The SMILES string of the molecule is O=C(OCC(=O)N1N=C2/C(=C\c3ccco3)CCCC2C1c1ccco1)c1cccc(O)c1. The van der Waals surface area contributed by atoms with Crippen LogP contribution in [0.4, 0.5) is 0 Å². The number of furan rings is 2. The third-order valence-electron chi connectivity index (χ3n) is 5.86. The molecule has 8 heteroatoms. The molecule has 1 saturated carbocycles. The molecule has 1 aliphatic carbocycles. The van der Waals surface area contributed by atoms with Crippen LogP contribution in [0.25, 0.3) is 6.08 Å². The highest BCUT2D eigenvalue weighted by Crippen LogP contribution is 2.44. The molecule has 8 nitrogen and oxygen atoms in total. The first kappa shape index (κ1) is 20.8. The van der Waals surface area contributed by atoms with E-state index < -0.39 is 24.5 Å². The van der Waals surface area contributed by atoms with Gasteiger partial charge in [0.1, 0.15) is 23.3 Å². The van der Waals surface area contributed by atoms with E-state index >= 15 is 0 Å². The van der Waals surface area contributed by atoms with Crippen molar-refractivity contribution in [2.24, 2.45) is 11.0 Å². The Bertz CT molecular complexity index is 1210. The van der Waals surface area contributed by atoms with Gasteiger partial charge in [-0.25, -0.2) is 9.80 Å². The van der Waals surface area contributed by atoms with Crippen LogP contribution >= 0.6 is 0 Å². The number of esters is 1. The van der Waals surface area contributed by atoms with Crippen LogP contribution in [0.5, 0.6) is 5.75 Å². The maximum absolute atomic E-state index is 13.1. The number of carbonyl (C=O) groups excluding carboxylic acids is 2. The Labute approximate surface area is 189 Å². The number of rotatable bonds is 5. The summed E-state index contributed by atoms with van der Waals surface area (Å²) in [6.45, 7) is -0.480. The highest BCUT2D eigenvalue weighted by Gasteiger charge is 2.45. The van der Waals surface area contributed by atoms with Crippen molar-refractivity contribution in [3.05, 3.63) is 83.7 Å². The van der Waals surface area contributed by atoms with Crippen molar-refractivity contribution in [3.63, 3.8) is 0 Å². The molecule has 1 N–H and O–H groups in total. The molecule has 0 bridgehead atoms. The van der Waals surface area contributed by atoms with Crippen LogP contribution < -0.4 is 0 Å². The van der Waals surface area contributed by atoms with Gasteiger partial charge in [-0.3, -0.25) is 4.79 Å². The summed E-state index contributed by atoms with van der Waals surface area (Å²) in [6.07, 6.45) is 7.77. The van der Waals surface area contributed by atoms with Crippen molar-refractivity contribution < 1.29 is 28.3 Å². The van der Waals surface area contributed by atoms with Crippen LogP contribution in [-0.4, -0.2) is 34.3 Å². The standard InChI is InChI=1S/C25H22N2O6/c28-18-7-1-6-17(13-18)25(30)33-15-22(29)27-24(21-10-4-12-32-21)20-9-2-5-16(23(20)26-27)14-19-8-3-11-31-19/h1,3-4,6-8,10-14,20,24,28H,2,5,9,15H2/b16-14-. The Hall–Kier alpha value is -4.07. The number of phenolic OH excluding ortho intramolecular Hbond substituents is 1. The number of hydrogen-bond donors (Lipinski definition) is 1. The Kier molecular flexibility index (Phi) is 5.56. The van der Waals surface area contributed by atoms with E-state index in [0.29, 0.717) is 5.76 Å². The molecule has 0 saturated heterocycles. The number of ether oxygens (including phenoxy) is 1. The highest BCUT2D eigenvalue weighted by molar-refractivity contribution is 6.08. The van der Waals surface area contributed by atoms with Gasteiger partial charge in [0.25, 0.3) is 5.91 Å². The minimum Gasteiger partial charge on any atom is -0.508 e. The monoisotopic (exact) mass is 446 g/mol. The molecule has 2 unspecified atom stereocenters. The van der Waals surface area contributed by atoms with Gasteiger partial charge in [0, 0.05) is 5.92 Å². The van der Waals surface area contributed by atoms with E-state index in [9.17, 15) is 14.7 Å².